The Labute approximate surface area is 192 Å². The molecule has 3 aromatic rings. The molecule has 0 bridgehead atoms. The number of benzene rings is 3. The molecule has 0 aliphatic rings. The molecule has 0 saturated heterocycles. The van der Waals surface area contributed by atoms with Crippen LogP contribution in [0.4, 0.5) is 0 Å². The van der Waals surface area contributed by atoms with Crippen LogP contribution < -0.4 is 9.47 Å². The molecule has 3 aromatic carbocycles. The fourth-order valence-electron chi connectivity index (χ4n) is 4.21. The van der Waals surface area contributed by atoms with E-state index < -0.39 is 0 Å². The van der Waals surface area contributed by atoms with Crippen LogP contribution in [0.1, 0.15) is 68.0 Å². The minimum Gasteiger partial charge on any atom is -0.496 e. The molecule has 3 heteroatoms. The predicted octanol–water partition coefficient (Wildman–Crippen LogP) is 6.89. The van der Waals surface area contributed by atoms with E-state index in [4.69, 9.17) is 9.47 Å². The Morgan fingerprint density at radius 3 is 1.38 bits per heavy atom. The monoisotopic (exact) mass is 430 g/mol. The molecule has 0 unspecified atom stereocenters. The van der Waals surface area contributed by atoms with E-state index in [1.165, 1.54) is 29.2 Å². The molecule has 0 spiro atoms. The van der Waals surface area contributed by atoms with Crippen molar-refractivity contribution in [3.05, 3.63) is 94.0 Å². The van der Waals surface area contributed by atoms with Gasteiger partial charge in [0.2, 0.25) is 0 Å². The third-order valence-corrected chi connectivity index (χ3v) is 6.60. The number of ether oxygens (including phenoxy) is 2. The largest absolute Gasteiger partial charge is 0.496 e. The maximum absolute atomic E-state index is 11.3. The van der Waals surface area contributed by atoms with Gasteiger partial charge in [0.25, 0.3) is 0 Å². The number of hydrogen-bond donors (Lipinski definition) is 0. The first kappa shape index (κ1) is 23.6. The Morgan fingerprint density at radius 1 is 0.656 bits per heavy atom. The molecule has 0 aliphatic carbocycles. The molecule has 0 fully saturated rings. The summed E-state index contributed by atoms with van der Waals surface area (Å²) in [6.07, 6.45) is 0. The molecule has 168 valence electrons. The molecule has 0 aliphatic heterocycles. The molecule has 0 amide bonds. The summed E-state index contributed by atoms with van der Waals surface area (Å²) in [7, 11) is 1.71. The standard InChI is InChI=1S/C29H34O3/c1-19-17-24(13-15-26(19)31-8)28(4,5)22-9-11-23(12-10-22)29(6,7)25-14-16-27(20(2)18-25)32-21(3)30/h9-18H,1-8H3. The number of carbonyl (C=O) groups excluding carboxylic acids is 1. The average Bonchev–Trinajstić information content (AvgIpc) is 2.74. The third kappa shape index (κ3) is 4.57. The van der Waals surface area contributed by atoms with E-state index in [9.17, 15) is 4.79 Å². The van der Waals surface area contributed by atoms with Gasteiger partial charge in [-0.3, -0.25) is 4.79 Å². The van der Waals surface area contributed by atoms with Crippen molar-refractivity contribution in [3.8, 4) is 11.5 Å². The smallest absolute Gasteiger partial charge is 0.308 e. The summed E-state index contributed by atoms with van der Waals surface area (Å²) in [5, 5.41) is 0. The summed E-state index contributed by atoms with van der Waals surface area (Å²) >= 11 is 0. The molecule has 0 atom stereocenters. The molecule has 0 N–H and O–H groups in total. The zero-order valence-corrected chi connectivity index (χ0v) is 20.5. The third-order valence-electron chi connectivity index (χ3n) is 6.60. The predicted molar refractivity (Wildman–Crippen MR) is 131 cm³/mol. The van der Waals surface area contributed by atoms with Crippen molar-refractivity contribution in [1.82, 2.24) is 0 Å². The SMILES string of the molecule is COc1ccc(C(C)(C)c2ccc(C(C)(C)c3ccc(OC(C)=O)c(C)c3)cc2)cc1C. The normalized spacial score (nSPS) is 11.9. The van der Waals surface area contributed by atoms with Crippen LogP contribution in [0.15, 0.2) is 60.7 Å². The van der Waals surface area contributed by atoms with Gasteiger partial charge in [0.1, 0.15) is 11.5 Å². The van der Waals surface area contributed by atoms with E-state index in [1.807, 2.05) is 25.1 Å². The van der Waals surface area contributed by atoms with Crippen molar-refractivity contribution in [2.45, 2.75) is 59.3 Å². The first-order chi connectivity index (χ1) is 15.0. The summed E-state index contributed by atoms with van der Waals surface area (Å²) < 4.78 is 10.7. The van der Waals surface area contributed by atoms with Crippen LogP contribution in [0.2, 0.25) is 0 Å². The lowest BCUT2D eigenvalue weighted by Crippen LogP contribution is -2.22. The lowest BCUT2D eigenvalue weighted by molar-refractivity contribution is -0.131. The van der Waals surface area contributed by atoms with Crippen LogP contribution in [0.25, 0.3) is 0 Å². The quantitative estimate of drug-likeness (QED) is 0.315. The van der Waals surface area contributed by atoms with Gasteiger partial charge in [0, 0.05) is 17.8 Å². The molecule has 0 saturated carbocycles. The molecule has 0 radical (unpaired) electrons. The first-order valence-corrected chi connectivity index (χ1v) is 11.0. The summed E-state index contributed by atoms with van der Waals surface area (Å²) in [6, 6.07) is 21.4. The van der Waals surface area contributed by atoms with E-state index in [0.29, 0.717) is 5.75 Å². The van der Waals surface area contributed by atoms with E-state index in [2.05, 4.69) is 77.1 Å². The van der Waals surface area contributed by atoms with Crippen molar-refractivity contribution >= 4 is 5.97 Å². The zero-order valence-electron chi connectivity index (χ0n) is 20.5. The van der Waals surface area contributed by atoms with Gasteiger partial charge in [-0.1, -0.05) is 76.2 Å². The maximum atomic E-state index is 11.3. The van der Waals surface area contributed by atoms with Gasteiger partial charge in [-0.15, -0.1) is 0 Å². The molecular formula is C29H34O3. The number of esters is 1. The lowest BCUT2D eigenvalue weighted by Gasteiger charge is -2.30. The van der Waals surface area contributed by atoms with Crippen molar-refractivity contribution in [2.75, 3.05) is 7.11 Å². The van der Waals surface area contributed by atoms with Crippen molar-refractivity contribution in [1.29, 1.82) is 0 Å². The molecule has 3 nitrogen and oxygen atoms in total. The minimum atomic E-state index is -0.301. The average molecular weight is 431 g/mol. The van der Waals surface area contributed by atoms with Crippen LogP contribution in [0, 0.1) is 13.8 Å². The molecule has 0 aromatic heterocycles. The highest BCUT2D eigenvalue weighted by atomic mass is 16.5. The van der Waals surface area contributed by atoms with E-state index in [-0.39, 0.29) is 16.8 Å². The Balaban J connectivity index is 1.90. The highest BCUT2D eigenvalue weighted by Crippen LogP contribution is 2.37. The number of hydrogen-bond acceptors (Lipinski definition) is 3. The van der Waals surface area contributed by atoms with Crippen LogP contribution in [0.3, 0.4) is 0 Å². The fourth-order valence-corrected chi connectivity index (χ4v) is 4.21. The molecule has 0 heterocycles. The lowest BCUT2D eigenvalue weighted by atomic mass is 9.74. The van der Waals surface area contributed by atoms with Crippen LogP contribution in [-0.2, 0) is 15.6 Å². The number of methoxy groups -OCH3 is 1. The van der Waals surface area contributed by atoms with Gasteiger partial charge in [-0.05, 0) is 59.4 Å². The van der Waals surface area contributed by atoms with Crippen molar-refractivity contribution in [3.63, 3.8) is 0 Å². The van der Waals surface area contributed by atoms with Gasteiger partial charge in [0.05, 0.1) is 7.11 Å². The Bertz CT molecular complexity index is 1120. The van der Waals surface area contributed by atoms with Gasteiger partial charge in [-0.25, -0.2) is 0 Å². The van der Waals surface area contributed by atoms with E-state index in [1.54, 1.807) is 7.11 Å². The van der Waals surface area contributed by atoms with Gasteiger partial charge < -0.3 is 9.47 Å². The zero-order chi connectivity index (χ0) is 23.7. The second-order valence-corrected chi connectivity index (χ2v) is 9.59. The Kier molecular flexibility index (Phi) is 6.50. The van der Waals surface area contributed by atoms with Gasteiger partial charge >= 0.3 is 5.97 Å². The summed E-state index contributed by atoms with van der Waals surface area (Å²) in [4.78, 5) is 11.3. The number of carbonyl (C=O) groups is 1. The highest BCUT2D eigenvalue weighted by Gasteiger charge is 2.27. The van der Waals surface area contributed by atoms with E-state index in [0.717, 1.165) is 16.9 Å². The summed E-state index contributed by atoms with van der Waals surface area (Å²) in [6.45, 7) is 14.4. The molecule has 3 rings (SSSR count). The Hall–Kier alpha value is -3.07. The van der Waals surface area contributed by atoms with E-state index >= 15 is 0 Å². The summed E-state index contributed by atoms with van der Waals surface area (Å²) in [5.41, 5.74) is 6.75. The van der Waals surface area contributed by atoms with Crippen LogP contribution >= 0.6 is 0 Å². The summed E-state index contributed by atoms with van der Waals surface area (Å²) in [5.74, 6) is 1.23. The van der Waals surface area contributed by atoms with Gasteiger partial charge in [0.15, 0.2) is 0 Å². The Morgan fingerprint density at radius 2 is 1.03 bits per heavy atom. The van der Waals surface area contributed by atoms with Gasteiger partial charge in [-0.2, -0.15) is 0 Å². The van der Waals surface area contributed by atoms with Crippen LogP contribution in [0.5, 0.6) is 11.5 Å². The molecule has 32 heavy (non-hydrogen) atoms. The molecular weight excluding hydrogens is 396 g/mol. The minimum absolute atomic E-state index is 0.123. The van der Waals surface area contributed by atoms with Crippen molar-refractivity contribution in [2.24, 2.45) is 0 Å². The second-order valence-electron chi connectivity index (χ2n) is 9.59. The highest BCUT2D eigenvalue weighted by molar-refractivity contribution is 5.69. The fraction of sp³-hybridized carbons (Fsp3) is 0.345. The van der Waals surface area contributed by atoms with Crippen molar-refractivity contribution < 1.29 is 14.3 Å². The second kappa shape index (κ2) is 8.82. The number of aryl methyl sites for hydroxylation is 2. The number of rotatable bonds is 6. The maximum Gasteiger partial charge on any atom is 0.308 e. The first-order valence-electron chi connectivity index (χ1n) is 11.0. The topological polar surface area (TPSA) is 35.5 Å². The van der Waals surface area contributed by atoms with Crippen LogP contribution in [-0.4, -0.2) is 13.1 Å².